The second kappa shape index (κ2) is 8.87. The molecule has 0 saturated heterocycles. The number of hydrogen-bond acceptors (Lipinski definition) is 4. The van der Waals surface area contributed by atoms with Gasteiger partial charge in [-0.25, -0.2) is 8.42 Å². The molecule has 0 amide bonds. The molecule has 0 bridgehead atoms. The Labute approximate surface area is 142 Å². The van der Waals surface area contributed by atoms with Crippen LogP contribution in [0.5, 0.6) is 5.75 Å². The highest BCUT2D eigenvalue weighted by Gasteiger charge is 2.02. The Bertz CT molecular complexity index is 833. The highest BCUT2D eigenvalue weighted by molar-refractivity contribution is 7.92. The van der Waals surface area contributed by atoms with Crippen LogP contribution < -0.4 is 9.46 Å². The third kappa shape index (κ3) is 6.65. The molecule has 0 radical (unpaired) electrons. The lowest BCUT2D eigenvalue weighted by molar-refractivity contribution is 0.368. The van der Waals surface area contributed by atoms with Crippen molar-refractivity contribution in [3.8, 4) is 17.6 Å². The first-order chi connectivity index (χ1) is 11.6. The molecule has 1 heterocycles. The smallest absolute Gasteiger partial charge is 0.234 e. The summed E-state index contributed by atoms with van der Waals surface area (Å²) in [5.74, 6) is 6.05. The summed E-state index contributed by atoms with van der Waals surface area (Å²) in [6.07, 6.45) is 4.78. The number of nitrogens with one attached hydrogen (secondary N) is 1. The van der Waals surface area contributed by atoms with Crippen molar-refractivity contribution >= 4 is 16.1 Å². The largest absolute Gasteiger partial charge is 0.479 e. The highest BCUT2D eigenvalue weighted by atomic mass is 32.2. The number of pyridine rings is 1. The standard InChI is InChI=1S/C18H18N2O3S/c1-16-6-8-17(9-7-16)10-14-24(21,22)20-12-2-3-13-23-18-5-4-11-19-15-18/h4-11,14-15,20H,12-13H2,1H3/b14-10+. The van der Waals surface area contributed by atoms with Crippen molar-refractivity contribution in [1.82, 2.24) is 9.71 Å². The van der Waals surface area contributed by atoms with Crippen LogP contribution in [0.4, 0.5) is 0 Å². The zero-order valence-corrected chi connectivity index (χ0v) is 14.1. The second-order valence-electron chi connectivity index (χ2n) is 4.91. The lowest BCUT2D eigenvalue weighted by Crippen LogP contribution is -2.21. The van der Waals surface area contributed by atoms with Crippen LogP contribution >= 0.6 is 0 Å². The fraction of sp³-hybridized carbons (Fsp3) is 0.167. The van der Waals surface area contributed by atoms with Gasteiger partial charge < -0.3 is 4.74 Å². The topological polar surface area (TPSA) is 68.3 Å². The van der Waals surface area contributed by atoms with Gasteiger partial charge in [-0.3, -0.25) is 4.98 Å². The number of benzene rings is 1. The molecule has 1 aromatic carbocycles. The van der Waals surface area contributed by atoms with Gasteiger partial charge in [-0.15, -0.1) is 0 Å². The summed E-state index contributed by atoms with van der Waals surface area (Å²) in [7, 11) is -3.51. The Kier molecular flexibility index (Phi) is 6.55. The molecule has 6 heteroatoms. The van der Waals surface area contributed by atoms with Gasteiger partial charge in [0.2, 0.25) is 10.0 Å². The first-order valence-corrected chi connectivity index (χ1v) is 8.83. The number of rotatable bonds is 6. The Hall–Kier alpha value is -2.62. The third-order valence-corrected chi connectivity index (χ3v) is 3.99. The summed E-state index contributed by atoms with van der Waals surface area (Å²) in [4.78, 5) is 3.91. The molecule has 0 aliphatic rings. The van der Waals surface area contributed by atoms with Crippen molar-refractivity contribution < 1.29 is 13.2 Å². The van der Waals surface area contributed by atoms with Crippen molar-refractivity contribution in [1.29, 1.82) is 0 Å². The maximum absolute atomic E-state index is 11.8. The van der Waals surface area contributed by atoms with E-state index in [0.29, 0.717) is 5.75 Å². The molecular weight excluding hydrogens is 324 g/mol. The van der Waals surface area contributed by atoms with E-state index < -0.39 is 10.0 Å². The molecule has 0 atom stereocenters. The van der Waals surface area contributed by atoms with Crippen molar-refractivity contribution in [2.75, 3.05) is 13.2 Å². The van der Waals surface area contributed by atoms with E-state index in [2.05, 4.69) is 21.5 Å². The van der Waals surface area contributed by atoms with E-state index in [0.717, 1.165) is 16.5 Å². The average Bonchev–Trinajstić information content (AvgIpc) is 2.58. The molecule has 0 aliphatic heterocycles. The van der Waals surface area contributed by atoms with E-state index >= 15 is 0 Å². The van der Waals surface area contributed by atoms with Gasteiger partial charge in [0.25, 0.3) is 0 Å². The second-order valence-corrected chi connectivity index (χ2v) is 6.56. The van der Waals surface area contributed by atoms with E-state index in [1.54, 1.807) is 30.6 Å². The van der Waals surface area contributed by atoms with Gasteiger partial charge in [-0.2, -0.15) is 4.72 Å². The van der Waals surface area contributed by atoms with Crippen LogP contribution in [0.3, 0.4) is 0 Å². The van der Waals surface area contributed by atoms with Gasteiger partial charge in [-0.1, -0.05) is 41.7 Å². The van der Waals surface area contributed by atoms with Crippen molar-refractivity contribution in [3.05, 3.63) is 65.3 Å². The fourth-order valence-electron chi connectivity index (χ4n) is 1.70. The maximum atomic E-state index is 11.8. The zero-order chi connectivity index (χ0) is 17.3. The Morgan fingerprint density at radius 3 is 2.71 bits per heavy atom. The van der Waals surface area contributed by atoms with Crippen LogP contribution in [0.25, 0.3) is 6.08 Å². The summed E-state index contributed by atoms with van der Waals surface area (Å²) >= 11 is 0. The van der Waals surface area contributed by atoms with Gasteiger partial charge in [0, 0.05) is 11.6 Å². The molecule has 2 aromatic rings. The average molecular weight is 342 g/mol. The molecule has 0 unspecified atom stereocenters. The number of aryl methyl sites for hydroxylation is 1. The maximum Gasteiger partial charge on any atom is 0.234 e. The summed E-state index contributed by atoms with van der Waals surface area (Å²) in [6.45, 7) is 2.17. The van der Waals surface area contributed by atoms with Gasteiger partial charge in [0.1, 0.15) is 12.4 Å². The summed E-state index contributed by atoms with van der Waals surface area (Å²) in [6, 6.07) is 11.1. The lowest BCUT2D eigenvalue weighted by Gasteiger charge is -1.99. The van der Waals surface area contributed by atoms with E-state index in [1.807, 2.05) is 31.2 Å². The molecule has 24 heavy (non-hydrogen) atoms. The number of aromatic nitrogens is 1. The van der Waals surface area contributed by atoms with Crippen molar-refractivity contribution in [2.45, 2.75) is 6.92 Å². The number of ether oxygens (including phenoxy) is 1. The van der Waals surface area contributed by atoms with Crippen LogP contribution in [0, 0.1) is 18.8 Å². The normalized spacial score (nSPS) is 11.0. The molecule has 0 aliphatic carbocycles. The predicted octanol–water partition coefficient (Wildman–Crippen LogP) is 2.36. The molecule has 5 nitrogen and oxygen atoms in total. The summed E-state index contributed by atoms with van der Waals surface area (Å²) < 4.78 is 31.3. The van der Waals surface area contributed by atoms with Gasteiger partial charge in [-0.05, 0) is 30.7 Å². The predicted molar refractivity (Wildman–Crippen MR) is 94.6 cm³/mol. The van der Waals surface area contributed by atoms with E-state index in [-0.39, 0.29) is 13.2 Å². The lowest BCUT2D eigenvalue weighted by atomic mass is 10.2. The number of nitrogens with zero attached hydrogens (tertiary/aromatic N) is 1. The molecule has 0 saturated carbocycles. The van der Waals surface area contributed by atoms with E-state index in [1.165, 1.54) is 0 Å². The van der Waals surface area contributed by atoms with Crippen LogP contribution in [0.1, 0.15) is 11.1 Å². The van der Waals surface area contributed by atoms with Gasteiger partial charge in [0.05, 0.1) is 12.7 Å². The first-order valence-electron chi connectivity index (χ1n) is 7.28. The monoisotopic (exact) mass is 342 g/mol. The van der Waals surface area contributed by atoms with Gasteiger partial charge in [0.15, 0.2) is 0 Å². The highest BCUT2D eigenvalue weighted by Crippen LogP contribution is 2.06. The SMILES string of the molecule is Cc1ccc(/C=C/S(=O)(=O)NCC#CCOc2cccnc2)cc1. The zero-order valence-electron chi connectivity index (χ0n) is 13.3. The summed E-state index contributed by atoms with van der Waals surface area (Å²) in [5.41, 5.74) is 1.94. The minimum Gasteiger partial charge on any atom is -0.479 e. The van der Waals surface area contributed by atoms with Crippen molar-refractivity contribution in [3.63, 3.8) is 0 Å². The molecule has 0 fully saturated rings. The van der Waals surface area contributed by atoms with Crippen LogP contribution in [0.2, 0.25) is 0 Å². The van der Waals surface area contributed by atoms with Crippen LogP contribution in [-0.4, -0.2) is 26.6 Å². The van der Waals surface area contributed by atoms with Crippen molar-refractivity contribution in [2.24, 2.45) is 0 Å². The molecule has 1 N–H and O–H groups in total. The quantitative estimate of drug-likeness (QED) is 0.819. The number of hydrogen-bond donors (Lipinski definition) is 1. The van der Waals surface area contributed by atoms with E-state index in [9.17, 15) is 8.42 Å². The fourth-order valence-corrected chi connectivity index (χ4v) is 2.40. The minimum absolute atomic E-state index is 0.0248. The Morgan fingerprint density at radius 2 is 2.00 bits per heavy atom. The molecule has 124 valence electrons. The Balaban J connectivity index is 1.76. The van der Waals surface area contributed by atoms with Crippen LogP contribution in [0.15, 0.2) is 54.2 Å². The van der Waals surface area contributed by atoms with Crippen LogP contribution in [-0.2, 0) is 10.0 Å². The Morgan fingerprint density at radius 1 is 1.21 bits per heavy atom. The molecule has 1 aromatic heterocycles. The summed E-state index contributed by atoms with van der Waals surface area (Å²) in [5, 5.41) is 1.13. The third-order valence-electron chi connectivity index (χ3n) is 2.95. The van der Waals surface area contributed by atoms with Gasteiger partial charge >= 0.3 is 0 Å². The molecule has 2 rings (SSSR count). The molecular formula is C18H18N2O3S. The molecule has 0 spiro atoms. The number of sulfonamides is 1. The van der Waals surface area contributed by atoms with E-state index in [4.69, 9.17) is 4.74 Å². The minimum atomic E-state index is -3.51. The first kappa shape index (κ1) is 17.7.